The predicted molar refractivity (Wildman–Crippen MR) is 91.8 cm³/mol. The normalized spacial score (nSPS) is 49.5. The molecule has 0 heterocycles. The molecular weight excluding hydrogens is 284 g/mol. The number of carbonyl (C=O) groups excluding carboxylic acids is 1. The van der Waals surface area contributed by atoms with Gasteiger partial charge in [-0.2, -0.15) is 0 Å². The second-order valence-electron chi connectivity index (χ2n) is 8.71. The Labute approximate surface area is 140 Å². The lowest BCUT2D eigenvalue weighted by Gasteiger charge is -2.55. The van der Waals surface area contributed by atoms with Crippen LogP contribution >= 0.6 is 0 Å². The number of hydrogen-bond acceptors (Lipinski definition) is 2. The van der Waals surface area contributed by atoms with Crippen molar-refractivity contribution in [2.24, 2.45) is 35.0 Å². The van der Waals surface area contributed by atoms with Crippen LogP contribution < -0.4 is 0 Å². The highest BCUT2D eigenvalue weighted by Crippen LogP contribution is 2.63. The first-order valence-electron chi connectivity index (χ1n) is 9.58. The van der Waals surface area contributed by atoms with Crippen LogP contribution in [0.25, 0.3) is 0 Å². The number of rotatable bonds is 1. The molecule has 0 aromatic carbocycles. The standard InChI is InChI=1S/C21H30O2/c1-3-4-13-11-14-12-15(22)5-6-16(14)17-9-10-21(2)18(20(13)17)7-8-19(21)23/h3-4,12-13,16-20,23H,5-11H2,1-2H3/b4-3-/t13-,16+,17-,18+,19+,20-,21+/m1/s1. The zero-order valence-electron chi connectivity index (χ0n) is 14.5. The molecular formula is C21H30O2. The van der Waals surface area contributed by atoms with E-state index in [1.807, 2.05) is 6.08 Å². The van der Waals surface area contributed by atoms with Crippen LogP contribution in [-0.4, -0.2) is 17.0 Å². The molecule has 0 unspecified atom stereocenters. The van der Waals surface area contributed by atoms with Gasteiger partial charge in [-0.05, 0) is 86.5 Å². The lowest BCUT2D eigenvalue weighted by molar-refractivity contribution is -0.116. The van der Waals surface area contributed by atoms with Gasteiger partial charge in [0.05, 0.1) is 6.10 Å². The van der Waals surface area contributed by atoms with Crippen molar-refractivity contribution in [2.75, 3.05) is 0 Å². The Bertz CT molecular complexity index is 560. The second-order valence-corrected chi connectivity index (χ2v) is 8.71. The van der Waals surface area contributed by atoms with Gasteiger partial charge >= 0.3 is 0 Å². The summed E-state index contributed by atoms with van der Waals surface area (Å²) in [5, 5.41) is 10.6. The third kappa shape index (κ3) is 2.28. The molecule has 0 radical (unpaired) electrons. The van der Waals surface area contributed by atoms with Gasteiger partial charge in [0, 0.05) is 6.42 Å². The Balaban J connectivity index is 1.72. The molecule has 0 aliphatic heterocycles. The summed E-state index contributed by atoms with van der Waals surface area (Å²) in [5.74, 6) is 3.64. The summed E-state index contributed by atoms with van der Waals surface area (Å²) in [5.41, 5.74) is 1.57. The molecule has 23 heavy (non-hydrogen) atoms. The summed E-state index contributed by atoms with van der Waals surface area (Å²) in [4.78, 5) is 11.9. The van der Waals surface area contributed by atoms with Crippen molar-refractivity contribution >= 4 is 5.78 Å². The van der Waals surface area contributed by atoms with Gasteiger partial charge in [0.2, 0.25) is 0 Å². The van der Waals surface area contributed by atoms with E-state index in [0.29, 0.717) is 29.5 Å². The molecule has 4 rings (SSSR count). The maximum Gasteiger partial charge on any atom is 0.155 e. The number of aliphatic hydroxyl groups excluding tert-OH is 1. The quantitative estimate of drug-likeness (QED) is 0.733. The van der Waals surface area contributed by atoms with Crippen molar-refractivity contribution in [2.45, 2.75) is 64.9 Å². The van der Waals surface area contributed by atoms with Gasteiger partial charge in [-0.1, -0.05) is 24.6 Å². The summed E-state index contributed by atoms with van der Waals surface area (Å²) < 4.78 is 0. The molecule has 0 bridgehead atoms. The highest BCUT2D eigenvalue weighted by atomic mass is 16.3. The number of hydrogen-bond donors (Lipinski definition) is 1. The minimum absolute atomic E-state index is 0.107. The van der Waals surface area contributed by atoms with E-state index in [9.17, 15) is 9.90 Å². The monoisotopic (exact) mass is 314 g/mol. The lowest BCUT2D eigenvalue weighted by Crippen LogP contribution is -2.50. The number of fused-ring (bicyclic) bond motifs is 5. The summed E-state index contributed by atoms with van der Waals surface area (Å²) in [6.07, 6.45) is 13.9. The number of allylic oxidation sites excluding steroid dienone is 3. The number of carbonyl (C=O) groups is 1. The molecule has 0 spiro atoms. The Kier molecular flexibility index (Phi) is 3.79. The Hall–Kier alpha value is -0.890. The molecule has 7 atom stereocenters. The molecule has 4 aliphatic rings. The molecule has 0 aromatic heterocycles. The molecule has 0 amide bonds. The SMILES string of the molecule is C/C=C\[C@@H]1CC2=CC(=O)CC[C@@H]2[C@H]2CC[C@]3(C)[C@@H](O)CC[C@H]3[C@@H]21. The second kappa shape index (κ2) is 5.58. The molecule has 3 saturated carbocycles. The van der Waals surface area contributed by atoms with Gasteiger partial charge in [-0.25, -0.2) is 0 Å². The molecule has 2 nitrogen and oxygen atoms in total. The third-order valence-electron chi connectivity index (χ3n) is 7.78. The van der Waals surface area contributed by atoms with Crippen LogP contribution in [0.1, 0.15) is 58.8 Å². The van der Waals surface area contributed by atoms with E-state index in [4.69, 9.17) is 0 Å². The Morgan fingerprint density at radius 2 is 2.09 bits per heavy atom. The maximum absolute atomic E-state index is 11.9. The van der Waals surface area contributed by atoms with E-state index in [1.54, 1.807) is 0 Å². The first-order valence-corrected chi connectivity index (χ1v) is 9.58. The van der Waals surface area contributed by atoms with Crippen molar-refractivity contribution in [1.29, 1.82) is 0 Å². The van der Waals surface area contributed by atoms with Crippen LogP contribution in [-0.2, 0) is 4.79 Å². The van der Waals surface area contributed by atoms with E-state index in [-0.39, 0.29) is 11.5 Å². The van der Waals surface area contributed by atoms with Crippen molar-refractivity contribution in [1.82, 2.24) is 0 Å². The topological polar surface area (TPSA) is 37.3 Å². The first kappa shape index (κ1) is 15.6. The molecule has 1 N–H and O–H groups in total. The Morgan fingerprint density at radius 3 is 2.87 bits per heavy atom. The van der Waals surface area contributed by atoms with Gasteiger partial charge in [-0.15, -0.1) is 0 Å². The average molecular weight is 314 g/mol. The van der Waals surface area contributed by atoms with Crippen molar-refractivity contribution in [3.63, 3.8) is 0 Å². The Morgan fingerprint density at radius 1 is 1.26 bits per heavy atom. The lowest BCUT2D eigenvalue weighted by atomic mass is 9.49. The molecule has 126 valence electrons. The summed E-state index contributed by atoms with van der Waals surface area (Å²) >= 11 is 0. The van der Waals surface area contributed by atoms with E-state index >= 15 is 0 Å². The van der Waals surface area contributed by atoms with Crippen molar-refractivity contribution < 1.29 is 9.90 Å². The largest absolute Gasteiger partial charge is 0.393 e. The van der Waals surface area contributed by atoms with Crippen LogP contribution in [0, 0.1) is 35.0 Å². The van der Waals surface area contributed by atoms with Gasteiger partial charge in [0.15, 0.2) is 5.78 Å². The van der Waals surface area contributed by atoms with E-state index in [1.165, 1.54) is 24.8 Å². The fourth-order valence-corrected chi connectivity index (χ4v) is 6.70. The maximum atomic E-state index is 11.9. The molecule has 0 saturated heterocycles. The van der Waals surface area contributed by atoms with Crippen molar-refractivity contribution in [3.05, 3.63) is 23.8 Å². The fraction of sp³-hybridized carbons (Fsp3) is 0.762. The zero-order chi connectivity index (χ0) is 16.2. The molecule has 2 heteroatoms. The highest BCUT2D eigenvalue weighted by Gasteiger charge is 2.57. The van der Waals surface area contributed by atoms with E-state index in [0.717, 1.165) is 31.6 Å². The van der Waals surface area contributed by atoms with Crippen LogP contribution in [0.5, 0.6) is 0 Å². The van der Waals surface area contributed by atoms with Crippen LogP contribution in [0.4, 0.5) is 0 Å². The minimum atomic E-state index is -0.107. The average Bonchev–Trinajstić information content (AvgIpc) is 2.83. The summed E-state index contributed by atoms with van der Waals surface area (Å²) in [7, 11) is 0. The number of ketones is 1. The first-order chi connectivity index (χ1) is 11.0. The molecule has 4 aliphatic carbocycles. The molecule has 0 aromatic rings. The fourth-order valence-electron chi connectivity index (χ4n) is 6.70. The van der Waals surface area contributed by atoms with E-state index in [2.05, 4.69) is 26.0 Å². The predicted octanol–water partition coefficient (Wildman–Crippen LogP) is 4.29. The van der Waals surface area contributed by atoms with E-state index < -0.39 is 0 Å². The number of aliphatic hydroxyl groups is 1. The minimum Gasteiger partial charge on any atom is -0.393 e. The molecule has 3 fully saturated rings. The van der Waals surface area contributed by atoms with Crippen molar-refractivity contribution in [3.8, 4) is 0 Å². The summed E-state index contributed by atoms with van der Waals surface area (Å²) in [6.45, 7) is 4.46. The smallest absolute Gasteiger partial charge is 0.155 e. The van der Waals surface area contributed by atoms with Crippen LogP contribution in [0.15, 0.2) is 23.8 Å². The summed E-state index contributed by atoms with van der Waals surface area (Å²) in [6, 6.07) is 0. The van der Waals surface area contributed by atoms with Gasteiger partial charge < -0.3 is 5.11 Å². The highest BCUT2D eigenvalue weighted by molar-refractivity contribution is 5.91. The van der Waals surface area contributed by atoms with Crippen LogP contribution in [0.3, 0.4) is 0 Å². The van der Waals surface area contributed by atoms with Crippen LogP contribution in [0.2, 0.25) is 0 Å². The van der Waals surface area contributed by atoms with Gasteiger partial charge in [0.25, 0.3) is 0 Å². The van der Waals surface area contributed by atoms with Gasteiger partial charge in [0.1, 0.15) is 0 Å². The third-order valence-corrected chi connectivity index (χ3v) is 7.78. The zero-order valence-corrected chi connectivity index (χ0v) is 14.5. The van der Waals surface area contributed by atoms with Gasteiger partial charge in [-0.3, -0.25) is 4.79 Å².